The molecule has 1 aliphatic heterocycles. The number of urea groups is 1. The van der Waals surface area contributed by atoms with Gasteiger partial charge >= 0.3 is 6.03 Å². The zero-order chi connectivity index (χ0) is 11.4. The molecular formula is C11H23N3O. The fourth-order valence-corrected chi connectivity index (χ4v) is 2.17. The van der Waals surface area contributed by atoms with Crippen LogP contribution >= 0.6 is 0 Å². The Balaban J connectivity index is 2.47. The molecular weight excluding hydrogens is 190 g/mol. The first-order valence-corrected chi connectivity index (χ1v) is 5.75. The average molecular weight is 213 g/mol. The van der Waals surface area contributed by atoms with Gasteiger partial charge in [0.05, 0.1) is 0 Å². The number of nitrogens with zero attached hydrogens (tertiary/aromatic N) is 2. The summed E-state index contributed by atoms with van der Waals surface area (Å²) in [5, 5.41) is 3.47. The van der Waals surface area contributed by atoms with Crippen molar-refractivity contribution in [3.05, 3.63) is 0 Å². The van der Waals surface area contributed by atoms with Gasteiger partial charge in [0.1, 0.15) is 0 Å². The van der Waals surface area contributed by atoms with Crippen molar-refractivity contribution in [2.75, 3.05) is 33.7 Å². The van der Waals surface area contributed by atoms with Gasteiger partial charge in [-0.3, -0.25) is 0 Å². The number of carbonyl (C=O) groups is 1. The number of likely N-dealkylation sites (tertiary alicyclic amines) is 1. The maximum absolute atomic E-state index is 11.7. The highest BCUT2D eigenvalue weighted by Gasteiger charge is 2.28. The Morgan fingerprint density at radius 3 is 2.67 bits per heavy atom. The first-order chi connectivity index (χ1) is 7.06. The molecule has 1 saturated heterocycles. The van der Waals surface area contributed by atoms with Crippen LogP contribution in [-0.2, 0) is 0 Å². The lowest BCUT2D eigenvalue weighted by molar-refractivity contribution is 0.131. The molecule has 2 amide bonds. The molecule has 4 nitrogen and oxygen atoms in total. The molecule has 1 heterocycles. The van der Waals surface area contributed by atoms with Crippen LogP contribution in [0.2, 0.25) is 0 Å². The summed E-state index contributed by atoms with van der Waals surface area (Å²) in [6.07, 6.45) is 1.06. The molecule has 1 fully saturated rings. The topological polar surface area (TPSA) is 35.6 Å². The van der Waals surface area contributed by atoms with Crippen molar-refractivity contribution in [3.8, 4) is 0 Å². The van der Waals surface area contributed by atoms with Gasteiger partial charge in [-0.1, -0.05) is 13.8 Å². The molecule has 0 aromatic heterocycles. The molecule has 1 rings (SSSR count). The van der Waals surface area contributed by atoms with E-state index in [2.05, 4.69) is 19.2 Å². The first-order valence-electron chi connectivity index (χ1n) is 5.75. The number of hydrogen-bond donors (Lipinski definition) is 1. The van der Waals surface area contributed by atoms with Crippen LogP contribution in [0.4, 0.5) is 4.79 Å². The minimum atomic E-state index is 0.136. The third-order valence-electron chi connectivity index (χ3n) is 3.02. The second-order valence-electron chi connectivity index (χ2n) is 4.55. The van der Waals surface area contributed by atoms with Gasteiger partial charge in [0, 0.05) is 33.2 Å². The third-order valence-corrected chi connectivity index (χ3v) is 3.02. The van der Waals surface area contributed by atoms with E-state index >= 15 is 0 Å². The monoisotopic (exact) mass is 213 g/mol. The van der Waals surface area contributed by atoms with Gasteiger partial charge in [-0.25, -0.2) is 4.79 Å². The normalized spacial score (nSPS) is 26.5. The fraction of sp³-hybridized carbons (Fsp3) is 0.909. The van der Waals surface area contributed by atoms with E-state index < -0.39 is 0 Å². The molecule has 4 heteroatoms. The van der Waals surface area contributed by atoms with Crippen LogP contribution < -0.4 is 5.32 Å². The number of hydrogen-bond acceptors (Lipinski definition) is 2. The summed E-state index contributed by atoms with van der Waals surface area (Å²) < 4.78 is 0. The van der Waals surface area contributed by atoms with Crippen molar-refractivity contribution in [3.63, 3.8) is 0 Å². The predicted octanol–water partition coefficient (Wildman–Crippen LogP) is 0.988. The first kappa shape index (κ1) is 12.3. The van der Waals surface area contributed by atoms with E-state index in [9.17, 15) is 4.79 Å². The quantitative estimate of drug-likeness (QED) is 0.742. The maximum Gasteiger partial charge on any atom is 0.319 e. The van der Waals surface area contributed by atoms with E-state index in [0.717, 1.165) is 26.1 Å². The van der Waals surface area contributed by atoms with E-state index in [1.165, 1.54) is 0 Å². The summed E-state index contributed by atoms with van der Waals surface area (Å²) in [5.41, 5.74) is 0. The van der Waals surface area contributed by atoms with Crippen LogP contribution in [-0.4, -0.2) is 55.6 Å². The molecule has 88 valence electrons. The molecule has 15 heavy (non-hydrogen) atoms. The Morgan fingerprint density at radius 1 is 1.53 bits per heavy atom. The van der Waals surface area contributed by atoms with E-state index in [1.807, 2.05) is 19.0 Å². The van der Waals surface area contributed by atoms with Crippen LogP contribution in [0.1, 0.15) is 20.3 Å². The average Bonchev–Trinajstić information content (AvgIpc) is 2.20. The number of nitrogens with one attached hydrogen (secondary N) is 1. The summed E-state index contributed by atoms with van der Waals surface area (Å²) in [7, 11) is 3.62. The summed E-state index contributed by atoms with van der Waals surface area (Å²) in [4.78, 5) is 15.3. The molecule has 0 radical (unpaired) electrons. The number of piperidine rings is 1. The highest BCUT2D eigenvalue weighted by atomic mass is 16.2. The lowest BCUT2D eigenvalue weighted by Gasteiger charge is -2.38. The Hall–Kier alpha value is -0.770. The number of amides is 2. The van der Waals surface area contributed by atoms with Crippen molar-refractivity contribution in [1.82, 2.24) is 15.1 Å². The summed E-state index contributed by atoms with van der Waals surface area (Å²) >= 11 is 0. The Labute approximate surface area is 92.6 Å². The maximum atomic E-state index is 11.7. The van der Waals surface area contributed by atoms with Crippen LogP contribution in [0.15, 0.2) is 0 Å². The standard InChI is InChI=1S/C11H23N3O/c1-5-12-10-6-7-14(8-9(10)2)11(15)13(3)4/h9-10,12H,5-8H2,1-4H3. The van der Waals surface area contributed by atoms with E-state index in [4.69, 9.17) is 0 Å². The van der Waals surface area contributed by atoms with E-state index in [1.54, 1.807) is 4.90 Å². The lowest BCUT2D eigenvalue weighted by Crippen LogP contribution is -2.52. The zero-order valence-electron chi connectivity index (χ0n) is 10.3. The lowest BCUT2D eigenvalue weighted by atomic mass is 9.94. The molecule has 0 saturated carbocycles. The minimum Gasteiger partial charge on any atom is -0.331 e. The molecule has 2 unspecified atom stereocenters. The molecule has 2 atom stereocenters. The van der Waals surface area contributed by atoms with Crippen molar-refractivity contribution in [1.29, 1.82) is 0 Å². The van der Waals surface area contributed by atoms with E-state index in [-0.39, 0.29) is 6.03 Å². The van der Waals surface area contributed by atoms with Gasteiger partial charge in [-0.05, 0) is 18.9 Å². The Bertz CT molecular complexity index is 218. The van der Waals surface area contributed by atoms with Gasteiger partial charge in [-0.2, -0.15) is 0 Å². The van der Waals surface area contributed by atoms with Gasteiger partial charge in [0.2, 0.25) is 0 Å². The number of rotatable bonds is 2. The second kappa shape index (κ2) is 5.35. The van der Waals surface area contributed by atoms with Gasteiger partial charge in [0.25, 0.3) is 0 Å². The van der Waals surface area contributed by atoms with Crippen LogP contribution in [0.3, 0.4) is 0 Å². The summed E-state index contributed by atoms with van der Waals surface area (Å²) in [6, 6.07) is 0.706. The Morgan fingerprint density at radius 2 is 2.20 bits per heavy atom. The van der Waals surface area contributed by atoms with Crippen molar-refractivity contribution < 1.29 is 4.79 Å². The molecule has 0 spiro atoms. The predicted molar refractivity (Wildman–Crippen MR) is 61.9 cm³/mol. The van der Waals surface area contributed by atoms with Crippen molar-refractivity contribution >= 4 is 6.03 Å². The van der Waals surface area contributed by atoms with Gasteiger partial charge < -0.3 is 15.1 Å². The highest BCUT2D eigenvalue weighted by Crippen LogP contribution is 2.17. The molecule has 0 bridgehead atoms. The van der Waals surface area contributed by atoms with E-state index in [0.29, 0.717) is 12.0 Å². The third kappa shape index (κ3) is 3.09. The Kier molecular flexibility index (Phi) is 4.39. The second-order valence-corrected chi connectivity index (χ2v) is 4.55. The van der Waals surface area contributed by atoms with Crippen LogP contribution in [0.5, 0.6) is 0 Å². The van der Waals surface area contributed by atoms with Crippen molar-refractivity contribution in [2.45, 2.75) is 26.3 Å². The minimum absolute atomic E-state index is 0.136. The fourth-order valence-electron chi connectivity index (χ4n) is 2.17. The largest absolute Gasteiger partial charge is 0.331 e. The summed E-state index contributed by atoms with van der Waals surface area (Å²) in [5.74, 6) is 0.544. The van der Waals surface area contributed by atoms with Gasteiger partial charge in [0.15, 0.2) is 0 Å². The highest BCUT2D eigenvalue weighted by molar-refractivity contribution is 5.73. The van der Waals surface area contributed by atoms with Crippen LogP contribution in [0, 0.1) is 5.92 Å². The molecule has 1 N–H and O–H groups in total. The molecule has 0 aliphatic carbocycles. The molecule has 0 aromatic rings. The molecule has 0 aromatic carbocycles. The van der Waals surface area contributed by atoms with Gasteiger partial charge in [-0.15, -0.1) is 0 Å². The van der Waals surface area contributed by atoms with Crippen molar-refractivity contribution in [2.24, 2.45) is 5.92 Å². The molecule has 1 aliphatic rings. The van der Waals surface area contributed by atoms with Crippen LogP contribution in [0.25, 0.3) is 0 Å². The smallest absolute Gasteiger partial charge is 0.319 e. The zero-order valence-corrected chi connectivity index (χ0v) is 10.3. The SMILES string of the molecule is CCNC1CCN(C(=O)N(C)C)CC1C. The summed E-state index contributed by atoms with van der Waals surface area (Å²) in [6.45, 7) is 7.09. The number of carbonyl (C=O) groups excluding carboxylic acids is 1.